The molecule has 0 spiro atoms. The molecule has 1 aromatic carbocycles. The summed E-state index contributed by atoms with van der Waals surface area (Å²) in [5.74, 6) is 1.83. The smallest absolute Gasteiger partial charge is 0.261 e. The first kappa shape index (κ1) is 19.3. The summed E-state index contributed by atoms with van der Waals surface area (Å²) in [4.78, 5) is 24.0. The van der Waals surface area contributed by atoms with E-state index in [4.69, 9.17) is 9.47 Å². The van der Waals surface area contributed by atoms with Crippen molar-refractivity contribution in [3.8, 4) is 11.5 Å². The van der Waals surface area contributed by atoms with Crippen molar-refractivity contribution in [1.29, 1.82) is 0 Å². The molecule has 1 aliphatic carbocycles. The van der Waals surface area contributed by atoms with Crippen LogP contribution in [-0.2, 0) is 4.79 Å². The third kappa shape index (κ3) is 4.74. The molecule has 1 amide bonds. The molecule has 0 aromatic heterocycles. The molecular formula is C20H29NO4. The lowest BCUT2D eigenvalue weighted by Crippen LogP contribution is -2.48. The third-order valence-electron chi connectivity index (χ3n) is 5.28. The van der Waals surface area contributed by atoms with Crippen LogP contribution in [0.3, 0.4) is 0 Å². The molecule has 0 aliphatic heterocycles. The van der Waals surface area contributed by atoms with Crippen LogP contribution >= 0.6 is 0 Å². The Kier molecular flexibility index (Phi) is 6.45. The number of benzene rings is 1. The predicted molar refractivity (Wildman–Crippen MR) is 97.2 cm³/mol. The standard InChI is InChI=1S/C20H29NO4/c1-12-7-6-8-17(13(12)2)21-20(23)15(4)25-18-10-9-16(14(3)22)11-19(18)24-5/h9-13,15,17H,6-8H2,1-5H3,(H,21,23)/t12-,13-,15-,17-/m1/s1. The minimum absolute atomic E-state index is 0.0453. The van der Waals surface area contributed by atoms with E-state index in [0.29, 0.717) is 28.9 Å². The number of amides is 1. The number of nitrogens with one attached hydrogen (secondary N) is 1. The molecule has 4 atom stereocenters. The lowest BCUT2D eigenvalue weighted by atomic mass is 9.78. The van der Waals surface area contributed by atoms with Gasteiger partial charge in [0.2, 0.25) is 0 Å². The van der Waals surface area contributed by atoms with E-state index in [2.05, 4.69) is 19.2 Å². The Balaban J connectivity index is 2.02. The zero-order valence-corrected chi connectivity index (χ0v) is 15.8. The molecule has 5 heteroatoms. The molecule has 1 N–H and O–H groups in total. The van der Waals surface area contributed by atoms with Crippen molar-refractivity contribution < 1.29 is 19.1 Å². The van der Waals surface area contributed by atoms with Gasteiger partial charge in [0.15, 0.2) is 23.4 Å². The normalized spacial score (nSPS) is 24.3. The number of carbonyl (C=O) groups excluding carboxylic acids is 2. The number of ether oxygens (including phenoxy) is 2. The Morgan fingerprint density at radius 1 is 1.20 bits per heavy atom. The van der Waals surface area contributed by atoms with Crippen molar-refractivity contribution in [3.63, 3.8) is 0 Å². The lowest BCUT2D eigenvalue weighted by molar-refractivity contribution is -0.128. The van der Waals surface area contributed by atoms with Gasteiger partial charge in [0, 0.05) is 11.6 Å². The highest BCUT2D eigenvalue weighted by Gasteiger charge is 2.29. The maximum absolute atomic E-state index is 12.5. The maximum atomic E-state index is 12.5. The number of hydrogen-bond donors (Lipinski definition) is 1. The number of carbonyl (C=O) groups is 2. The quantitative estimate of drug-likeness (QED) is 0.799. The van der Waals surface area contributed by atoms with E-state index in [-0.39, 0.29) is 17.7 Å². The van der Waals surface area contributed by atoms with Gasteiger partial charge in [-0.3, -0.25) is 9.59 Å². The second kappa shape index (κ2) is 8.37. The fourth-order valence-corrected chi connectivity index (χ4v) is 3.31. The summed E-state index contributed by atoms with van der Waals surface area (Å²) in [7, 11) is 1.52. The second-order valence-electron chi connectivity index (χ2n) is 7.06. The van der Waals surface area contributed by atoms with E-state index in [1.54, 1.807) is 25.1 Å². The Labute approximate surface area is 150 Å². The Morgan fingerprint density at radius 3 is 2.56 bits per heavy atom. The van der Waals surface area contributed by atoms with Crippen LogP contribution < -0.4 is 14.8 Å². The number of hydrogen-bond acceptors (Lipinski definition) is 4. The molecule has 25 heavy (non-hydrogen) atoms. The van der Waals surface area contributed by atoms with Gasteiger partial charge >= 0.3 is 0 Å². The van der Waals surface area contributed by atoms with Gasteiger partial charge in [-0.25, -0.2) is 0 Å². The van der Waals surface area contributed by atoms with Crippen molar-refractivity contribution in [1.82, 2.24) is 5.32 Å². The first-order chi connectivity index (χ1) is 11.8. The molecular weight excluding hydrogens is 318 g/mol. The van der Waals surface area contributed by atoms with Crippen LogP contribution in [0.4, 0.5) is 0 Å². The molecule has 1 aromatic rings. The molecule has 0 radical (unpaired) electrons. The average molecular weight is 347 g/mol. The fourth-order valence-electron chi connectivity index (χ4n) is 3.31. The number of Topliss-reactive ketones (excluding diaryl/α,β-unsaturated/α-hetero) is 1. The van der Waals surface area contributed by atoms with Crippen molar-refractivity contribution in [2.24, 2.45) is 11.8 Å². The van der Waals surface area contributed by atoms with E-state index in [1.165, 1.54) is 20.5 Å². The van der Waals surface area contributed by atoms with Gasteiger partial charge < -0.3 is 14.8 Å². The molecule has 138 valence electrons. The topological polar surface area (TPSA) is 64.6 Å². The summed E-state index contributed by atoms with van der Waals surface area (Å²) in [6.07, 6.45) is 2.74. The van der Waals surface area contributed by atoms with Gasteiger partial charge in [0.05, 0.1) is 7.11 Å². The van der Waals surface area contributed by atoms with Crippen LogP contribution in [0.15, 0.2) is 18.2 Å². The van der Waals surface area contributed by atoms with Crippen LogP contribution in [0.5, 0.6) is 11.5 Å². The predicted octanol–water partition coefficient (Wildman–Crippen LogP) is 3.61. The Bertz CT molecular complexity index is 628. The van der Waals surface area contributed by atoms with Gasteiger partial charge in [0.25, 0.3) is 5.91 Å². The minimum Gasteiger partial charge on any atom is -0.493 e. The van der Waals surface area contributed by atoms with Crippen molar-refractivity contribution in [2.75, 3.05) is 7.11 Å². The average Bonchev–Trinajstić information content (AvgIpc) is 2.58. The SMILES string of the molecule is COc1cc(C(C)=O)ccc1O[C@H](C)C(=O)N[C@@H]1CCC[C@@H](C)[C@H]1C. The molecule has 2 rings (SSSR count). The van der Waals surface area contributed by atoms with Crippen molar-refractivity contribution in [3.05, 3.63) is 23.8 Å². The molecule has 1 aliphatic rings. The van der Waals surface area contributed by atoms with Crippen LogP contribution in [0.1, 0.15) is 57.3 Å². The van der Waals surface area contributed by atoms with Crippen LogP contribution in [-0.4, -0.2) is 30.9 Å². The van der Waals surface area contributed by atoms with E-state index in [0.717, 1.165) is 12.8 Å². The first-order valence-electron chi connectivity index (χ1n) is 8.99. The highest BCUT2D eigenvalue weighted by molar-refractivity contribution is 5.94. The second-order valence-corrected chi connectivity index (χ2v) is 7.06. The Hall–Kier alpha value is -2.04. The van der Waals surface area contributed by atoms with E-state index in [9.17, 15) is 9.59 Å². The Morgan fingerprint density at radius 2 is 1.92 bits per heavy atom. The van der Waals surface area contributed by atoms with Gasteiger partial charge in [-0.2, -0.15) is 0 Å². The summed E-state index contributed by atoms with van der Waals surface area (Å²) < 4.78 is 11.1. The van der Waals surface area contributed by atoms with Crippen molar-refractivity contribution in [2.45, 2.75) is 59.1 Å². The first-order valence-corrected chi connectivity index (χ1v) is 8.99. The fraction of sp³-hybridized carbons (Fsp3) is 0.600. The number of ketones is 1. The molecule has 5 nitrogen and oxygen atoms in total. The van der Waals surface area contributed by atoms with Crippen molar-refractivity contribution >= 4 is 11.7 Å². The largest absolute Gasteiger partial charge is 0.493 e. The summed E-state index contributed by atoms with van der Waals surface area (Å²) in [5, 5.41) is 3.13. The molecule has 0 unspecified atom stereocenters. The summed E-state index contributed by atoms with van der Waals surface area (Å²) in [5.41, 5.74) is 0.548. The van der Waals surface area contributed by atoms with Gasteiger partial charge in [-0.15, -0.1) is 0 Å². The van der Waals surface area contributed by atoms with E-state index >= 15 is 0 Å². The minimum atomic E-state index is -0.637. The van der Waals surface area contributed by atoms with Gasteiger partial charge in [0.1, 0.15) is 0 Å². The highest BCUT2D eigenvalue weighted by Crippen LogP contribution is 2.31. The lowest BCUT2D eigenvalue weighted by Gasteiger charge is -2.35. The zero-order chi connectivity index (χ0) is 18.6. The monoisotopic (exact) mass is 347 g/mol. The summed E-state index contributed by atoms with van der Waals surface area (Å²) in [6.45, 7) is 7.66. The van der Waals surface area contributed by atoms with Gasteiger partial charge in [-0.05, 0) is 50.3 Å². The molecule has 0 saturated heterocycles. The molecule has 0 heterocycles. The molecule has 1 fully saturated rings. The molecule has 1 saturated carbocycles. The van der Waals surface area contributed by atoms with Gasteiger partial charge in [-0.1, -0.05) is 26.7 Å². The number of rotatable bonds is 6. The van der Waals surface area contributed by atoms with Crippen LogP contribution in [0.25, 0.3) is 0 Å². The molecule has 0 bridgehead atoms. The maximum Gasteiger partial charge on any atom is 0.261 e. The number of methoxy groups -OCH3 is 1. The zero-order valence-electron chi connectivity index (χ0n) is 15.8. The summed E-state index contributed by atoms with van der Waals surface area (Å²) in [6, 6.07) is 5.18. The van der Waals surface area contributed by atoms with Crippen LogP contribution in [0, 0.1) is 11.8 Å². The third-order valence-corrected chi connectivity index (χ3v) is 5.28. The highest BCUT2D eigenvalue weighted by atomic mass is 16.5. The van der Waals surface area contributed by atoms with E-state index < -0.39 is 6.10 Å². The summed E-state index contributed by atoms with van der Waals surface area (Å²) >= 11 is 0. The van der Waals surface area contributed by atoms with E-state index in [1.807, 2.05) is 0 Å². The van der Waals surface area contributed by atoms with Crippen LogP contribution in [0.2, 0.25) is 0 Å².